The minimum absolute atomic E-state index is 0.0253. The Morgan fingerprint density at radius 3 is 2.68 bits per heavy atom. The third kappa shape index (κ3) is 3.40. The van der Waals surface area contributed by atoms with Crippen molar-refractivity contribution in [3.63, 3.8) is 0 Å². The maximum Gasteiger partial charge on any atom is 0.417 e. The quantitative estimate of drug-likeness (QED) is 0.609. The molecule has 0 aliphatic carbocycles. The van der Waals surface area contributed by atoms with Crippen molar-refractivity contribution in [1.82, 2.24) is 14.8 Å². The summed E-state index contributed by atoms with van der Waals surface area (Å²) in [5.74, 6) is -0.0253. The SMILES string of the molecule is O=c1c(Cl)c(N2CCCC2c2cccs2)cnn1-c1ccc(C(F)(F)F)cn1. The average molecular weight is 427 g/mol. The molecule has 3 aromatic heterocycles. The van der Waals surface area contributed by atoms with Gasteiger partial charge in [0.25, 0.3) is 5.56 Å². The summed E-state index contributed by atoms with van der Waals surface area (Å²) in [6, 6.07) is 6.09. The number of hydrogen-bond donors (Lipinski definition) is 0. The Bertz CT molecular complexity index is 1030. The van der Waals surface area contributed by atoms with Crippen LogP contribution in [-0.4, -0.2) is 21.3 Å². The van der Waals surface area contributed by atoms with Gasteiger partial charge in [-0.25, -0.2) is 4.98 Å². The first kappa shape index (κ1) is 18.9. The fourth-order valence-corrected chi connectivity index (χ4v) is 4.41. The lowest BCUT2D eigenvalue weighted by molar-refractivity contribution is -0.137. The maximum absolute atomic E-state index is 12.7. The number of halogens is 4. The molecule has 1 fully saturated rings. The number of pyridine rings is 1. The van der Waals surface area contributed by atoms with Gasteiger partial charge in [-0.3, -0.25) is 4.79 Å². The summed E-state index contributed by atoms with van der Waals surface area (Å²) in [6.07, 6.45) is -0.464. The van der Waals surface area contributed by atoms with Gasteiger partial charge in [-0.2, -0.15) is 23.0 Å². The van der Waals surface area contributed by atoms with Crippen LogP contribution in [-0.2, 0) is 6.18 Å². The van der Waals surface area contributed by atoms with E-state index in [2.05, 4.69) is 10.1 Å². The Morgan fingerprint density at radius 2 is 2.04 bits per heavy atom. The van der Waals surface area contributed by atoms with Gasteiger partial charge in [0.05, 0.1) is 23.5 Å². The molecular formula is C18H14ClF3N4OS. The molecule has 0 radical (unpaired) electrons. The van der Waals surface area contributed by atoms with Gasteiger partial charge in [0.15, 0.2) is 5.82 Å². The van der Waals surface area contributed by atoms with Crippen LogP contribution in [0.2, 0.25) is 5.02 Å². The minimum atomic E-state index is -4.50. The van der Waals surface area contributed by atoms with E-state index in [1.54, 1.807) is 11.3 Å². The average Bonchev–Trinajstić information content (AvgIpc) is 3.34. The molecule has 1 aliphatic heterocycles. The van der Waals surface area contributed by atoms with Crippen molar-refractivity contribution in [2.45, 2.75) is 25.1 Å². The Morgan fingerprint density at radius 1 is 1.21 bits per heavy atom. The van der Waals surface area contributed by atoms with E-state index in [-0.39, 0.29) is 16.9 Å². The molecule has 5 nitrogen and oxygen atoms in total. The van der Waals surface area contributed by atoms with E-state index in [1.807, 2.05) is 22.4 Å². The van der Waals surface area contributed by atoms with Gasteiger partial charge in [0.2, 0.25) is 0 Å². The largest absolute Gasteiger partial charge is 0.417 e. The van der Waals surface area contributed by atoms with Crippen LogP contribution >= 0.6 is 22.9 Å². The van der Waals surface area contributed by atoms with Gasteiger partial charge in [0, 0.05) is 17.6 Å². The first-order valence-electron chi connectivity index (χ1n) is 8.48. The number of thiophene rings is 1. The normalized spacial score (nSPS) is 17.3. The molecule has 0 saturated carbocycles. The Hall–Kier alpha value is -2.39. The van der Waals surface area contributed by atoms with Crippen molar-refractivity contribution in [2.24, 2.45) is 0 Å². The molecule has 3 aromatic rings. The second-order valence-corrected chi connectivity index (χ2v) is 7.69. The van der Waals surface area contributed by atoms with Crippen molar-refractivity contribution in [2.75, 3.05) is 11.4 Å². The van der Waals surface area contributed by atoms with Crippen molar-refractivity contribution in [1.29, 1.82) is 0 Å². The zero-order chi connectivity index (χ0) is 19.9. The molecular weight excluding hydrogens is 413 g/mol. The molecule has 0 N–H and O–H groups in total. The minimum Gasteiger partial charge on any atom is -0.361 e. The van der Waals surface area contributed by atoms with Crippen molar-refractivity contribution in [3.05, 3.63) is 67.9 Å². The van der Waals surface area contributed by atoms with E-state index in [1.165, 1.54) is 11.1 Å². The standard InChI is InChI=1S/C18H14ClF3N4OS/c19-16-13(25-7-1-3-12(25)14-4-2-8-28-14)10-24-26(17(16)27)15-6-5-11(9-23-15)18(20,21)22/h2,4-6,8-10,12H,1,3,7H2. The van der Waals surface area contributed by atoms with Crippen LogP contribution in [0.4, 0.5) is 18.9 Å². The summed E-state index contributed by atoms with van der Waals surface area (Å²) >= 11 is 7.98. The second-order valence-electron chi connectivity index (χ2n) is 6.33. The zero-order valence-corrected chi connectivity index (χ0v) is 15.9. The topological polar surface area (TPSA) is 51.0 Å². The predicted octanol–water partition coefficient (Wildman–Crippen LogP) is 4.70. The van der Waals surface area contributed by atoms with E-state index in [0.717, 1.165) is 36.2 Å². The number of alkyl halides is 3. The molecule has 1 aliphatic rings. The molecule has 10 heteroatoms. The molecule has 1 unspecified atom stereocenters. The third-order valence-corrected chi connectivity index (χ3v) is 5.96. The van der Waals surface area contributed by atoms with E-state index in [4.69, 9.17) is 11.6 Å². The Balaban J connectivity index is 1.69. The Labute approximate surface area is 167 Å². The zero-order valence-electron chi connectivity index (χ0n) is 14.4. The Kier molecular flexibility index (Phi) is 4.88. The lowest BCUT2D eigenvalue weighted by Gasteiger charge is -2.26. The highest BCUT2D eigenvalue weighted by molar-refractivity contribution is 7.10. The molecule has 0 amide bonds. The van der Waals surface area contributed by atoms with E-state index in [0.29, 0.717) is 11.9 Å². The first-order valence-corrected chi connectivity index (χ1v) is 9.73. The number of anilines is 1. The van der Waals surface area contributed by atoms with E-state index >= 15 is 0 Å². The molecule has 0 spiro atoms. The van der Waals surface area contributed by atoms with E-state index in [9.17, 15) is 18.0 Å². The first-order chi connectivity index (χ1) is 13.4. The molecule has 4 heterocycles. The number of aromatic nitrogens is 3. The number of nitrogens with zero attached hydrogens (tertiary/aromatic N) is 4. The van der Waals surface area contributed by atoms with Crippen LogP contribution in [0.3, 0.4) is 0 Å². The van der Waals surface area contributed by atoms with Crippen LogP contribution in [0.1, 0.15) is 29.3 Å². The molecule has 28 heavy (non-hydrogen) atoms. The fourth-order valence-electron chi connectivity index (χ4n) is 3.30. The number of rotatable bonds is 3. The van der Waals surface area contributed by atoms with Crippen LogP contribution in [0.5, 0.6) is 0 Å². The highest BCUT2D eigenvalue weighted by Crippen LogP contribution is 2.39. The summed E-state index contributed by atoms with van der Waals surface area (Å²) in [5, 5.41) is 6.07. The van der Waals surface area contributed by atoms with E-state index < -0.39 is 17.3 Å². The maximum atomic E-state index is 12.7. The predicted molar refractivity (Wildman–Crippen MR) is 101 cm³/mol. The molecule has 0 bridgehead atoms. The second kappa shape index (κ2) is 7.21. The van der Waals surface area contributed by atoms with Gasteiger partial charge in [0.1, 0.15) is 5.02 Å². The highest BCUT2D eigenvalue weighted by Gasteiger charge is 2.31. The summed E-state index contributed by atoms with van der Waals surface area (Å²) in [7, 11) is 0. The highest BCUT2D eigenvalue weighted by atomic mass is 35.5. The monoisotopic (exact) mass is 426 g/mol. The molecule has 1 saturated heterocycles. The van der Waals surface area contributed by atoms with Crippen LogP contribution < -0.4 is 10.5 Å². The van der Waals surface area contributed by atoms with Gasteiger partial charge in [-0.05, 0) is 36.4 Å². The van der Waals surface area contributed by atoms with Crippen LogP contribution in [0, 0.1) is 0 Å². The van der Waals surface area contributed by atoms with Crippen molar-refractivity contribution in [3.8, 4) is 5.82 Å². The lowest BCUT2D eigenvalue weighted by Crippen LogP contribution is -2.28. The van der Waals surface area contributed by atoms with Gasteiger partial charge >= 0.3 is 6.18 Å². The lowest BCUT2D eigenvalue weighted by atomic mass is 10.2. The molecule has 0 aromatic carbocycles. The van der Waals surface area contributed by atoms with Crippen molar-refractivity contribution >= 4 is 28.6 Å². The summed E-state index contributed by atoms with van der Waals surface area (Å²) < 4.78 is 39.0. The van der Waals surface area contributed by atoms with Crippen LogP contribution in [0.15, 0.2) is 46.8 Å². The molecule has 146 valence electrons. The van der Waals surface area contributed by atoms with Crippen LogP contribution in [0.25, 0.3) is 5.82 Å². The summed E-state index contributed by atoms with van der Waals surface area (Å²) in [4.78, 5) is 19.6. The smallest absolute Gasteiger partial charge is 0.361 e. The van der Waals surface area contributed by atoms with Gasteiger partial charge in [-0.15, -0.1) is 11.3 Å². The number of hydrogen-bond acceptors (Lipinski definition) is 5. The molecule has 1 atom stereocenters. The van der Waals surface area contributed by atoms with Gasteiger partial charge < -0.3 is 4.90 Å². The summed E-state index contributed by atoms with van der Waals surface area (Å²) in [6.45, 7) is 0.742. The van der Waals surface area contributed by atoms with Gasteiger partial charge in [-0.1, -0.05) is 17.7 Å². The fraction of sp³-hybridized carbons (Fsp3) is 0.278. The molecule has 4 rings (SSSR count). The summed E-state index contributed by atoms with van der Waals surface area (Å²) in [5.41, 5.74) is -1.00. The van der Waals surface area contributed by atoms with Crippen molar-refractivity contribution < 1.29 is 13.2 Å². The third-order valence-electron chi connectivity index (χ3n) is 4.63.